The number of benzene rings is 1. The molecular weight excluding hydrogens is 441 g/mol. The van der Waals surface area contributed by atoms with E-state index in [4.69, 9.17) is 9.47 Å². The number of hydrogen-bond donors (Lipinski definition) is 0. The van der Waals surface area contributed by atoms with Gasteiger partial charge in [-0.1, -0.05) is 0 Å². The summed E-state index contributed by atoms with van der Waals surface area (Å²) in [6.07, 6.45) is -3.29. The largest absolute Gasteiger partial charge is 0.494 e. The summed E-state index contributed by atoms with van der Waals surface area (Å²) in [5.74, 6) is -0.470. The summed E-state index contributed by atoms with van der Waals surface area (Å²) in [7, 11) is 3.02. The van der Waals surface area contributed by atoms with Gasteiger partial charge in [0, 0.05) is 37.6 Å². The lowest BCUT2D eigenvalue weighted by Crippen LogP contribution is -2.33. The van der Waals surface area contributed by atoms with Crippen molar-refractivity contribution in [3.63, 3.8) is 0 Å². The van der Waals surface area contributed by atoms with Crippen LogP contribution in [0.25, 0.3) is 5.82 Å². The summed E-state index contributed by atoms with van der Waals surface area (Å²) in [6, 6.07) is 6.10. The van der Waals surface area contributed by atoms with Crippen LogP contribution in [-0.2, 0) is 20.1 Å². The number of fused-ring (bicyclic) bond motifs is 1. The van der Waals surface area contributed by atoms with Crippen LogP contribution in [0.3, 0.4) is 0 Å². The Balaban J connectivity index is 1.65. The molecule has 0 aliphatic carbocycles. The maximum absolute atomic E-state index is 13.4. The van der Waals surface area contributed by atoms with Gasteiger partial charge in [0.05, 0.1) is 24.9 Å². The number of halogens is 3. The number of methoxy groups -OCH3 is 1. The highest BCUT2D eigenvalue weighted by Gasteiger charge is 2.40. The first-order valence-corrected chi connectivity index (χ1v) is 9.83. The predicted octanol–water partition coefficient (Wildman–Crippen LogP) is 2.97. The van der Waals surface area contributed by atoms with Gasteiger partial charge in [-0.05, 0) is 19.1 Å². The van der Waals surface area contributed by atoms with Gasteiger partial charge in [-0.3, -0.25) is 9.48 Å². The van der Waals surface area contributed by atoms with Gasteiger partial charge in [-0.25, -0.2) is 4.68 Å². The first kappa shape index (κ1) is 22.2. The zero-order valence-electron chi connectivity index (χ0n) is 17.9. The summed E-state index contributed by atoms with van der Waals surface area (Å²) >= 11 is 0. The summed E-state index contributed by atoms with van der Waals surface area (Å²) in [6.45, 7) is 1.14. The maximum atomic E-state index is 13.4. The molecule has 1 aliphatic heterocycles. The lowest BCUT2D eigenvalue weighted by molar-refractivity contribution is -0.189. The first-order valence-electron chi connectivity index (χ1n) is 9.83. The van der Waals surface area contributed by atoms with E-state index < -0.39 is 18.2 Å². The minimum Gasteiger partial charge on any atom is -0.494 e. The fourth-order valence-corrected chi connectivity index (χ4v) is 3.52. The van der Waals surface area contributed by atoms with E-state index >= 15 is 0 Å². The van der Waals surface area contributed by atoms with Crippen LogP contribution >= 0.6 is 0 Å². The van der Waals surface area contributed by atoms with Crippen LogP contribution < -0.4 is 9.47 Å². The number of rotatable bonds is 5. The number of hydrogen-bond acceptors (Lipinski definition) is 6. The molecule has 4 rings (SSSR count). The van der Waals surface area contributed by atoms with Crippen LogP contribution in [0.5, 0.6) is 11.5 Å². The lowest BCUT2D eigenvalue weighted by Gasteiger charge is -2.23. The molecule has 0 spiro atoms. The van der Waals surface area contributed by atoms with E-state index in [2.05, 4.69) is 10.2 Å². The van der Waals surface area contributed by atoms with Crippen LogP contribution in [0.15, 0.2) is 30.6 Å². The summed E-state index contributed by atoms with van der Waals surface area (Å²) in [4.78, 5) is 14.8. The van der Waals surface area contributed by atoms with Gasteiger partial charge in [0.25, 0.3) is 5.91 Å². The molecule has 0 saturated carbocycles. The molecule has 1 amide bonds. The third-order valence-corrected chi connectivity index (χ3v) is 5.22. The molecule has 9 nitrogen and oxygen atoms in total. The molecular formula is C21H19F3N6O3. The van der Waals surface area contributed by atoms with Crippen molar-refractivity contribution < 1.29 is 27.4 Å². The number of amides is 1. The molecule has 1 atom stereocenters. The molecule has 0 unspecified atom stereocenters. The fraction of sp³-hybridized carbons (Fsp3) is 0.333. The molecule has 0 saturated heterocycles. The highest BCUT2D eigenvalue weighted by molar-refractivity contribution is 6.00. The fourth-order valence-electron chi connectivity index (χ4n) is 3.52. The third kappa shape index (κ3) is 4.09. The highest BCUT2D eigenvalue weighted by atomic mass is 19.4. The molecule has 1 aromatic carbocycles. The van der Waals surface area contributed by atoms with Crippen LogP contribution in [0.4, 0.5) is 13.2 Å². The van der Waals surface area contributed by atoms with Gasteiger partial charge in [0.1, 0.15) is 17.4 Å². The monoisotopic (exact) mass is 460 g/mol. The molecule has 12 heteroatoms. The predicted molar refractivity (Wildman–Crippen MR) is 108 cm³/mol. The normalized spacial score (nSPS) is 14.0. The smallest absolute Gasteiger partial charge is 0.425 e. The maximum Gasteiger partial charge on any atom is 0.425 e. The van der Waals surface area contributed by atoms with Crippen molar-refractivity contribution in [1.82, 2.24) is 24.5 Å². The van der Waals surface area contributed by atoms with Crippen LogP contribution in [0.1, 0.15) is 34.1 Å². The molecule has 33 heavy (non-hydrogen) atoms. The Labute approximate surface area is 186 Å². The molecule has 3 heterocycles. The van der Waals surface area contributed by atoms with Crippen molar-refractivity contribution in [2.24, 2.45) is 7.05 Å². The van der Waals surface area contributed by atoms with Gasteiger partial charge >= 0.3 is 6.18 Å². The van der Waals surface area contributed by atoms with Crippen LogP contribution in [0.2, 0.25) is 0 Å². The lowest BCUT2D eigenvalue weighted by atomic mass is 10.1. The van der Waals surface area contributed by atoms with E-state index in [1.807, 2.05) is 6.07 Å². The number of nitriles is 1. The molecule has 0 bridgehead atoms. The Morgan fingerprint density at radius 1 is 1.24 bits per heavy atom. The van der Waals surface area contributed by atoms with Gasteiger partial charge in [0.15, 0.2) is 17.7 Å². The molecule has 172 valence electrons. The molecule has 0 radical (unpaired) electrons. The van der Waals surface area contributed by atoms with Crippen molar-refractivity contribution in [2.45, 2.75) is 32.3 Å². The van der Waals surface area contributed by atoms with E-state index in [1.165, 1.54) is 24.1 Å². The minimum atomic E-state index is -4.64. The zero-order chi connectivity index (χ0) is 23.9. The van der Waals surface area contributed by atoms with Crippen molar-refractivity contribution in [3.05, 3.63) is 53.0 Å². The Morgan fingerprint density at radius 3 is 2.58 bits per heavy atom. The molecule has 0 fully saturated rings. The van der Waals surface area contributed by atoms with Crippen LogP contribution in [-0.4, -0.2) is 49.8 Å². The average molecular weight is 460 g/mol. The van der Waals surface area contributed by atoms with Crippen molar-refractivity contribution in [2.75, 3.05) is 7.11 Å². The highest BCUT2D eigenvalue weighted by Crippen LogP contribution is 2.37. The summed E-state index contributed by atoms with van der Waals surface area (Å²) in [5, 5.41) is 18.1. The van der Waals surface area contributed by atoms with Gasteiger partial charge < -0.3 is 14.4 Å². The topological polar surface area (TPSA) is 98.2 Å². The number of nitrogens with zero attached hydrogens (tertiary/aromatic N) is 6. The summed E-state index contributed by atoms with van der Waals surface area (Å²) < 4.78 is 52.8. The summed E-state index contributed by atoms with van der Waals surface area (Å²) in [5.41, 5.74) is 1.17. The molecule has 1 aliphatic rings. The quantitative estimate of drug-likeness (QED) is 0.581. The second-order valence-electron chi connectivity index (χ2n) is 7.49. The van der Waals surface area contributed by atoms with Crippen LogP contribution in [0, 0.1) is 11.3 Å². The SMILES string of the molecule is COc1c(C#N)ccc(O[C@@H](C)C(F)(F)F)c1C(=O)N1Cc2cn(-c3ccn(C)n3)nc2C1. The third-order valence-electron chi connectivity index (χ3n) is 5.22. The Hall–Kier alpha value is -4.01. The first-order chi connectivity index (χ1) is 15.6. The second-order valence-corrected chi connectivity index (χ2v) is 7.49. The van der Waals surface area contributed by atoms with E-state index in [9.17, 15) is 23.2 Å². The number of carbonyl (C=O) groups is 1. The van der Waals surface area contributed by atoms with E-state index in [-0.39, 0.29) is 35.7 Å². The second kappa shape index (κ2) is 8.16. The van der Waals surface area contributed by atoms with Crippen molar-refractivity contribution in [1.29, 1.82) is 5.26 Å². The van der Waals surface area contributed by atoms with E-state index in [0.29, 0.717) is 11.5 Å². The van der Waals surface area contributed by atoms with Gasteiger partial charge in [-0.2, -0.15) is 28.6 Å². The number of aromatic nitrogens is 4. The molecule has 3 aromatic rings. The van der Waals surface area contributed by atoms with Gasteiger partial charge in [-0.15, -0.1) is 0 Å². The average Bonchev–Trinajstić information content (AvgIpc) is 3.46. The standard InChI is InChI=1S/C21H19F3N6O3/c1-12(21(22,23)24)33-16-5-4-13(8-25)19(32-3)18(16)20(31)29-9-14-10-30(26-15(14)11-29)17-6-7-28(2)27-17/h4-7,10,12H,9,11H2,1-3H3/t12-/m0/s1. The Kier molecular flexibility index (Phi) is 5.49. The van der Waals surface area contributed by atoms with E-state index in [0.717, 1.165) is 12.5 Å². The number of carbonyl (C=O) groups excluding carboxylic acids is 1. The van der Waals surface area contributed by atoms with Crippen molar-refractivity contribution >= 4 is 5.91 Å². The Morgan fingerprint density at radius 2 is 2.00 bits per heavy atom. The Bertz CT molecular complexity index is 1230. The van der Waals surface area contributed by atoms with Crippen molar-refractivity contribution in [3.8, 4) is 23.4 Å². The molecule has 2 aromatic heterocycles. The zero-order valence-corrected chi connectivity index (χ0v) is 17.9. The van der Waals surface area contributed by atoms with Gasteiger partial charge in [0.2, 0.25) is 0 Å². The minimum absolute atomic E-state index is 0.00476. The van der Waals surface area contributed by atoms with E-state index in [1.54, 1.807) is 34.9 Å². The molecule has 0 N–H and O–H groups in total. The number of ether oxygens (including phenoxy) is 2. The number of alkyl halides is 3. The number of aryl methyl sites for hydroxylation is 1.